The van der Waals surface area contributed by atoms with E-state index in [-0.39, 0.29) is 5.63 Å². The number of hydrogen-bond donors (Lipinski definition) is 0. The minimum absolute atomic E-state index is 0.264. The predicted octanol–water partition coefficient (Wildman–Crippen LogP) is 2.12. The van der Waals surface area contributed by atoms with Gasteiger partial charge in [0, 0.05) is 6.42 Å². The summed E-state index contributed by atoms with van der Waals surface area (Å²) in [5.74, 6) is 0.513. The molecule has 2 aromatic heterocycles. The lowest BCUT2D eigenvalue weighted by molar-refractivity contribution is 0.451. The summed E-state index contributed by atoms with van der Waals surface area (Å²) in [6.07, 6.45) is 0.653. The second-order valence-electron chi connectivity index (χ2n) is 2.85. The normalized spacial score (nSPS) is 10.9. The molecule has 4 heteroatoms. The Balaban J connectivity index is 2.88. The second kappa shape index (κ2) is 2.96. The lowest BCUT2D eigenvalue weighted by Crippen LogP contribution is -2.02. The van der Waals surface area contributed by atoms with Crippen molar-refractivity contribution < 1.29 is 4.42 Å². The molecule has 0 aromatic carbocycles. The van der Waals surface area contributed by atoms with E-state index in [1.54, 1.807) is 0 Å². The quantitative estimate of drug-likeness (QED) is 0.700. The van der Waals surface area contributed by atoms with Crippen LogP contribution in [0.2, 0.25) is 0 Å². The number of thiophene rings is 1. The topological polar surface area (TPSA) is 43.1 Å². The molecule has 68 valence electrons. The third-order valence-corrected chi connectivity index (χ3v) is 2.94. The maximum Gasteiger partial charge on any atom is 0.357 e. The lowest BCUT2D eigenvalue weighted by Gasteiger charge is -1.94. The molecule has 0 saturated heterocycles. The van der Waals surface area contributed by atoms with Crippen molar-refractivity contribution in [1.82, 2.24) is 4.98 Å². The van der Waals surface area contributed by atoms with E-state index in [0.717, 1.165) is 11.1 Å². The highest BCUT2D eigenvalue weighted by Crippen LogP contribution is 2.20. The van der Waals surface area contributed by atoms with E-state index in [1.807, 2.05) is 19.2 Å². The van der Waals surface area contributed by atoms with Crippen LogP contribution in [0.1, 0.15) is 18.4 Å². The molecule has 0 aliphatic heterocycles. The van der Waals surface area contributed by atoms with E-state index in [2.05, 4.69) is 4.98 Å². The Labute approximate surface area is 79.0 Å². The monoisotopic (exact) mass is 195 g/mol. The molecule has 0 radical (unpaired) electrons. The first-order chi connectivity index (χ1) is 6.22. The predicted molar refractivity (Wildman–Crippen MR) is 52.3 cm³/mol. The minimum atomic E-state index is -0.264. The van der Waals surface area contributed by atoms with Crippen LogP contribution in [0.5, 0.6) is 0 Å². The SMILES string of the molecule is CCc1nc2c(C)csc2c(=O)o1. The molecule has 2 rings (SSSR count). The minimum Gasteiger partial charge on any atom is -0.407 e. The van der Waals surface area contributed by atoms with Gasteiger partial charge in [-0.15, -0.1) is 11.3 Å². The summed E-state index contributed by atoms with van der Waals surface area (Å²) in [6.45, 7) is 3.86. The van der Waals surface area contributed by atoms with Gasteiger partial charge in [0.2, 0.25) is 0 Å². The van der Waals surface area contributed by atoms with Crippen LogP contribution in [0.25, 0.3) is 10.2 Å². The zero-order valence-electron chi connectivity index (χ0n) is 7.46. The van der Waals surface area contributed by atoms with Gasteiger partial charge in [0.1, 0.15) is 4.70 Å². The Morgan fingerprint density at radius 1 is 1.62 bits per heavy atom. The molecule has 0 fully saturated rings. The molecule has 0 amide bonds. The van der Waals surface area contributed by atoms with E-state index in [9.17, 15) is 4.79 Å². The summed E-state index contributed by atoms with van der Waals surface area (Å²) in [4.78, 5) is 15.6. The summed E-state index contributed by atoms with van der Waals surface area (Å²) in [5, 5.41) is 1.92. The van der Waals surface area contributed by atoms with Crippen molar-refractivity contribution in [2.24, 2.45) is 0 Å². The highest BCUT2D eigenvalue weighted by molar-refractivity contribution is 7.17. The molecule has 0 aliphatic carbocycles. The third kappa shape index (κ3) is 1.27. The molecule has 0 aliphatic rings. The third-order valence-electron chi connectivity index (χ3n) is 1.88. The van der Waals surface area contributed by atoms with Crippen LogP contribution < -0.4 is 5.63 Å². The standard InChI is InChI=1S/C9H9NO2S/c1-3-6-10-7-5(2)4-13-8(7)9(11)12-6/h4H,3H2,1-2H3. The number of rotatable bonds is 1. The van der Waals surface area contributed by atoms with Crippen LogP contribution in [0, 0.1) is 6.92 Å². The van der Waals surface area contributed by atoms with Gasteiger partial charge in [0.25, 0.3) is 0 Å². The Morgan fingerprint density at radius 2 is 2.38 bits per heavy atom. The number of hydrogen-bond acceptors (Lipinski definition) is 4. The largest absolute Gasteiger partial charge is 0.407 e. The van der Waals surface area contributed by atoms with Crippen molar-refractivity contribution in [2.75, 3.05) is 0 Å². The molecule has 13 heavy (non-hydrogen) atoms. The lowest BCUT2D eigenvalue weighted by atomic mass is 10.3. The van der Waals surface area contributed by atoms with Crippen LogP contribution >= 0.6 is 11.3 Å². The second-order valence-corrected chi connectivity index (χ2v) is 3.72. The van der Waals surface area contributed by atoms with Gasteiger partial charge in [0.15, 0.2) is 5.89 Å². The van der Waals surface area contributed by atoms with Gasteiger partial charge >= 0.3 is 5.63 Å². The van der Waals surface area contributed by atoms with Gasteiger partial charge in [-0.1, -0.05) is 6.92 Å². The number of aryl methyl sites for hydroxylation is 2. The fourth-order valence-corrected chi connectivity index (χ4v) is 2.04. The first-order valence-electron chi connectivity index (χ1n) is 4.10. The van der Waals surface area contributed by atoms with Crippen LogP contribution in [-0.4, -0.2) is 4.98 Å². The summed E-state index contributed by atoms with van der Waals surface area (Å²) in [6, 6.07) is 0. The van der Waals surface area contributed by atoms with Crippen molar-refractivity contribution in [3.63, 3.8) is 0 Å². The van der Waals surface area contributed by atoms with Crippen LogP contribution in [0.4, 0.5) is 0 Å². The van der Waals surface area contributed by atoms with E-state index in [4.69, 9.17) is 4.42 Å². The number of fused-ring (bicyclic) bond motifs is 1. The molecule has 3 nitrogen and oxygen atoms in total. The van der Waals surface area contributed by atoms with Crippen molar-refractivity contribution in [3.05, 3.63) is 27.3 Å². The van der Waals surface area contributed by atoms with Crippen molar-refractivity contribution in [2.45, 2.75) is 20.3 Å². The zero-order valence-corrected chi connectivity index (χ0v) is 8.27. The van der Waals surface area contributed by atoms with Crippen molar-refractivity contribution in [3.8, 4) is 0 Å². The number of nitrogens with zero attached hydrogens (tertiary/aromatic N) is 1. The highest BCUT2D eigenvalue weighted by atomic mass is 32.1. The average Bonchev–Trinajstić information content (AvgIpc) is 2.48. The van der Waals surface area contributed by atoms with E-state index < -0.39 is 0 Å². The van der Waals surface area contributed by atoms with E-state index in [0.29, 0.717) is 17.0 Å². The summed E-state index contributed by atoms with van der Waals surface area (Å²) in [5.41, 5.74) is 1.57. The first kappa shape index (κ1) is 8.44. The van der Waals surface area contributed by atoms with Crippen LogP contribution in [0.15, 0.2) is 14.6 Å². The molecule has 0 bridgehead atoms. The van der Waals surface area contributed by atoms with Crippen molar-refractivity contribution >= 4 is 21.6 Å². The average molecular weight is 195 g/mol. The fourth-order valence-electron chi connectivity index (χ4n) is 1.17. The first-order valence-corrected chi connectivity index (χ1v) is 4.98. The van der Waals surface area contributed by atoms with Crippen LogP contribution in [0.3, 0.4) is 0 Å². The number of aromatic nitrogens is 1. The molecule has 2 heterocycles. The Bertz CT molecular complexity index is 498. The van der Waals surface area contributed by atoms with Gasteiger partial charge in [-0.3, -0.25) is 0 Å². The van der Waals surface area contributed by atoms with Gasteiger partial charge < -0.3 is 4.42 Å². The zero-order chi connectivity index (χ0) is 9.42. The fraction of sp³-hybridized carbons (Fsp3) is 0.333. The molecule has 0 saturated carbocycles. The van der Waals surface area contributed by atoms with Crippen LogP contribution in [-0.2, 0) is 6.42 Å². The molecule has 0 atom stereocenters. The maximum absolute atomic E-state index is 11.4. The summed E-state index contributed by atoms with van der Waals surface area (Å²) >= 11 is 1.39. The van der Waals surface area contributed by atoms with Gasteiger partial charge in [-0.2, -0.15) is 0 Å². The Morgan fingerprint density at radius 3 is 3.08 bits per heavy atom. The molecule has 0 spiro atoms. The van der Waals surface area contributed by atoms with E-state index in [1.165, 1.54) is 11.3 Å². The smallest absolute Gasteiger partial charge is 0.357 e. The molecule has 0 unspecified atom stereocenters. The maximum atomic E-state index is 11.4. The molecular weight excluding hydrogens is 186 g/mol. The highest BCUT2D eigenvalue weighted by Gasteiger charge is 2.08. The molecule has 2 aromatic rings. The van der Waals surface area contributed by atoms with Gasteiger partial charge in [-0.25, -0.2) is 9.78 Å². The Hall–Kier alpha value is -1.16. The van der Waals surface area contributed by atoms with Gasteiger partial charge in [-0.05, 0) is 17.9 Å². The van der Waals surface area contributed by atoms with Crippen molar-refractivity contribution in [1.29, 1.82) is 0 Å². The summed E-state index contributed by atoms with van der Waals surface area (Å²) in [7, 11) is 0. The van der Waals surface area contributed by atoms with Gasteiger partial charge in [0.05, 0.1) is 5.52 Å². The molecule has 0 N–H and O–H groups in total. The van der Waals surface area contributed by atoms with E-state index >= 15 is 0 Å². The molecular formula is C9H9NO2S. The summed E-state index contributed by atoms with van der Waals surface area (Å²) < 4.78 is 5.62. The Kier molecular flexibility index (Phi) is 1.92.